The molecule has 0 aliphatic heterocycles. The van der Waals surface area contributed by atoms with Crippen LogP contribution in [0.4, 0.5) is 13.2 Å². The number of hydrogen-bond acceptors (Lipinski definition) is 2. The van der Waals surface area contributed by atoms with Crippen molar-refractivity contribution in [2.45, 2.75) is 12.6 Å². The van der Waals surface area contributed by atoms with Gasteiger partial charge in [-0.1, -0.05) is 18.2 Å². The van der Waals surface area contributed by atoms with Gasteiger partial charge in [0, 0.05) is 5.56 Å². The van der Waals surface area contributed by atoms with E-state index in [1.54, 1.807) is 18.2 Å². The average Bonchev–Trinajstić information content (AvgIpc) is 2.39. The normalized spacial score (nSPS) is 11.1. The van der Waals surface area contributed by atoms with E-state index < -0.39 is 11.7 Å². The van der Waals surface area contributed by atoms with Crippen LogP contribution in [-0.2, 0) is 12.6 Å². The maximum absolute atomic E-state index is 12.4. The summed E-state index contributed by atoms with van der Waals surface area (Å²) in [5.41, 5.74) is 1.05. The Labute approximate surface area is 108 Å². The van der Waals surface area contributed by atoms with Gasteiger partial charge in [-0.25, -0.2) is 0 Å². The molecule has 0 fully saturated rings. The first-order valence-electron chi connectivity index (χ1n) is 5.51. The van der Waals surface area contributed by atoms with E-state index in [1.807, 2.05) is 6.07 Å². The quantitative estimate of drug-likeness (QED) is 0.824. The molecular weight excluding hydrogens is 253 g/mol. The summed E-state index contributed by atoms with van der Waals surface area (Å²) in [5.74, 6) is 0. The molecule has 0 spiro atoms. The van der Waals surface area contributed by atoms with Crippen molar-refractivity contribution in [3.8, 4) is 17.3 Å². The van der Waals surface area contributed by atoms with Gasteiger partial charge in [-0.3, -0.25) is 4.98 Å². The van der Waals surface area contributed by atoms with Crippen LogP contribution in [0.25, 0.3) is 11.3 Å². The van der Waals surface area contributed by atoms with Crippen molar-refractivity contribution in [1.82, 2.24) is 4.98 Å². The third-order valence-corrected chi connectivity index (χ3v) is 2.57. The second kappa shape index (κ2) is 5.11. The van der Waals surface area contributed by atoms with E-state index in [9.17, 15) is 13.2 Å². The van der Waals surface area contributed by atoms with Gasteiger partial charge < -0.3 is 0 Å². The van der Waals surface area contributed by atoms with Crippen LogP contribution in [0.3, 0.4) is 0 Å². The fraction of sp³-hybridized carbons (Fsp3) is 0.143. The van der Waals surface area contributed by atoms with Crippen molar-refractivity contribution >= 4 is 0 Å². The van der Waals surface area contributed by atoms with Crippen molar-refractivity contribution in [1.29, 1.82) is 5.26 Å². The van der Waals surface area contributed by atoms with Gasteiger partial charge in [-0.05, 0) is 24.3 Å². The van der Waals surface area contributed by atoms with Crippen molar-refractivity contribution in [2.75, 3.05) is 0 Å². The van der Waals surface area contributed by atoms with Crippen LogP contribution in [0.5, 0.6) is 0 Å². The number of halogens is 3. The van der Waals surface area contributed by atoms with E-state index >= 15 is 0 Å². The molecule has 0 aliphatic carbocycles. The number of nitrogens with zero attached hydrogens (tertiary/aromatic N) is 2. The second-order valence-corrected chi connectivity index (χ2v) is 3.92. The Morgan fingerprint density at radius 1 is 1.05 bits per heavy atom. The van der Waals surface area contributed by atoms with Gasteiger partial charge >= 0.3 is 6.18 Å². The molecule has 19 heavy (non-hydrogen) atoms. The van der Waals surface area contributed by atoms with Gasteiger partial charge in [0.15, 0.2) is 0 Å². The van der Waals surface area contributed by atoms with Crippen LogP contribution in [-0.4, -0.2) is 4.98 Å². The van der Waals surface area contributed by atoms with E-state index in [1.165, 1.54) is 12.1 Å². The number of alkyl halides is 3. The number of pyridine rings is 1. The minimum absolute atomic E-state index is 0.175. The summed E-state index contributed by atoms with van der Waals surface area (Å²) in [6, 6.07) is 11.9. The van der Waals surface area contributed by atoms with E-state index in [0.29, 0.717) is 17.0 Å². The van der Waals surface area contributed by atoms with E-state index in [-0.39, 0.29) is 6.42 Å². The smallest absolute Gasteiger partial charge is 0.252 e. The first kappa shape index (κ1) is 13.1. The maximum Gasteiger partial charge on any atom is 0.416 e. The largest absolute Gasteiger partial charge is 0.416 e. The minimum Gasteiger partial charge on any atom is -0.252 e. The maximum atomic E-state index is 12.4. The lowest BCUT2D eigenvalue weighted by Gasteiger charge is -2.07. The Bertz CT molecular complexity index is 610. The lowest BCUT2D eigenvalue weighted by atomic mass is 10.1. The highest BCUT2D eigenvalue weighted by atomic mass is 19.4. The number of nitriles is 1. The summed E-state index contributed by atoms with van der Waals surface area (Å²) < 4.78 is 37.3. The van der Waals surface area contributed by atoms with Crippen molar-refractivity contribution < 1.29 is 13.2 Å². The molecule has 0 radical (unpaired) electrons. The van der Waals surface area contributed by atoms with Gasteiger partial charge in [0.1, 0.15) is 0 Å². The molecule has 2 rings (SSSR count). The summed E-state index contributed by atoms with van der Waals surface area (Å²) in [6.45, 7) is 0. The summed E-state index contributed by atoms with van der Waals surface area (Å²) in [6.07, 6.45) is -4.16. The van der Waals surface area contributed by atoms with Crippen molar-refractivity contribution in [3.63, 3.8) is 0 Å². The Kier molecular flexibility index (Phi) is 3.52. The minimum atomic E-state index is -4.34. The molecule has 0 N–H and O–H groups in total. The molecule has 0 bridgehead atoms. The Morgan fingerprint density at radius 3 is 2.32 bits per heavy atom. The zero-order chi connectivity index (χ0) is 13.9. The van der Waals surface area contributed by atoms with Gasteiger partial charge in [0.2, 0.25) is 0 Å². The van der Waals surface area contributed by atoms with Crippen LogP contribution in [0.15, 0.2) is 42.5 Å². The van der Waals surface area contributed by atoms with Gasteiger partial charge in [0.05, 0.1) is 29.4 Å². The van der Waals surface area contributed by atoms with Crippen LogP contribution < -0.4 is 0 Å². The Hall–Kier alpha value is -2.35. The first-order valence-corrected chi connectivity index (χ1v) is 5.51. The number of aromatic nitrogens is 1. The summed E-state index contributed by atoms with van der Waals surface area (Å²) >= 11 is 0. The zero-order valence-corrected chi connectivity index (χ0v) is 9.78. The number of hydrogen-bond donors (Lipinski definition) is 0. The average molecular weight is 262 g/mol. The third-order valence-electron chi connectivity index (χ3n) is 2.57. The molecule has 0 amide bonds. The molecule has 0 atom stereocenters. The predicted molar refractivity (Wildman–Crippen MR) is 64.0 cm³/mol. The highest BCUT2D eigenvalue weighted by molar-refractivity contribution is 5.59. The van der Waals surface area contributed by atoms with E-state index in [4.69, 9.17) is 5.26 Å². The van der Waals surface area contributed by atoms with Crippen LogP contribution in [0.1, 0.15) is 11.3 Å². The first-order chi connectivity index (χ1) is 9.00. The molecule has 1 aromatic heterocycles. The summed E-state index contributed by atoms with van der Waals surface area (Å²) in [4.78, 5) is 4.22. The standard InChI is InChI=1S/C14H9F3N2/c15-14(16,17)11-6-4-10(5-7-11)13-3-1-2-12(19-13)8-9-18/h1-7H,8H2. The number of benzene rings is 1. The lowest BCUT2D eigenvalue weighted by molar-refractivity contribution is -0.137. The van der Waals surface area contributed by atoms with E-state index in [2.05, 4.69) is 4.98 Å². The lowest BCUT2D eigenvalue weighted by Crippen LogP contribution is -2.04. The summed E-state index contributed by atoms with van der Waals surface area (Å²) in [7, 11) is 0. The van der Waals surface area contributed by atoms with Crippen molar-refractivity contribution in [2.24, 2.45) is 0 Å². The highest BCUT2D eigenvalue weighted by Crippen LogP contribution is 2.30. The summed E-state index contributed by atoms with van der Waals surface area (Å²) in [5, 5.41) is 8.59. The van der Waals surface area contributed by atoms with Gasteiger partial charge in [0.25, 0.3) is 0 Å². The molecule has 0 saturated carbocycles. The fourth-order valence-corrected chi connectivity index (χ4v) is 1.65. The molecule has 96 valence electrons. The number of rotatable bonds is 2. The molecule has 0 aliphatic rings. The van der Waals surface area contributed by atoms with Crippen LogP contribution in [0, 0.1) is 11.3 Å². The van der Waals surface area contributed by atoms with Crippen LogP contribution >= 0.6 is 0 Å². The van der Waals surface area contributed by atoms with Gasteiger partial charge in [-0.15, -0.1) is 0 Å². The molecule has 2 nitrogen and oxygen atoms in total. The molecule has 0 unspecified atom stereocenters. The highest BCUT2D eigenvalue weighted by Gasteiger charge is 2.29. The topological polar surface area (TPSA) is 36.7 Å². The van der Waals surface area contributed by atoms with E-state index in [0.717, 1.165) is 12.1 Å². The molecular formula is C14H9F3N2. The molecule has 1 heterocycles. The molecule has 5 heteroatoms. The molecule has 2 aromatic rings. The van der Waals surface area contributed by atoms with Crippen molar-refractivity contribution in [3.05, 3.63) is 53.7 Å². The Morgan fingerprint density at radius 2 is 1.74 bits per heavy atom. The fourth-order valence-electron chi connectivity index (χ4n) is 1.65. The van der Waals surface area contributed by atoms with Gasteiger partial charge in [-0.2, -0.15) is 18.4 Å². The monoisotopic (exact) mass is 262 g/mol. The third kappa shape index (κ3) is 3.10. The molecule has 0 saturated heterocycles. The SMILES string of the molecule is N#CCc1cccc(-c2ccc(C(F)(F)F)cc2)n1. The zero-order valence-electron chi connectivity index (χ0n) is 9.78. The Balaban J connectivity index is 2.32. The van der Waals surface area contributed by atoms with Crippen LogP contribution in [0.2, 0.25) is 0 Å². The second-order valence-electron chi connectivity index (χ2n) is 3.92. The predicted octanol–water partition coefficient (Wildman–Crippen LogP) is 3.83. The molecule has 1 aromatic carbocycles.